The van der Waals surface area contributed by atoms with Crippen LogP contribution < -0.4 is 0 Å². The van der Waals surface area contributed by atoms with E-state index in [0.29, 0.717) is 47.9 Å². The Balaban J connectivity index is 1.66. The van der Waals surface area contributed by atoms with E-state index in [9.17, 15) is 14.9 Å². The van der Waals surface area contributed by atoms with Crippen LogP contribution in [0.15, 0.2) is 54.1 Å². The molecule has 1 aliphatic heterocycles. The van der Waals surface area contributed by atoms with Gasteiger partial charge in [0.25, 0.3) is 5.70 Å². The van der Waals surface area contributed by atoms with Gasteiger partial charge in [-0.15, -0.1) is 0 Å². The monoisotopic (exact) mass is 493 g/mol. The second kappa shape index (κ2) is 11.3. The first kappa shape index (κ1) is 24.8. The minimum atomic E-state index is -0.462. The fraction of sp³-hybridized carbons (Fsp3) is 0.364. The third kappa shape index (κ3) is 6.56. The quantitative estimate of drug-likeness (QED) is 0.226. The van der Waals surface area contributed by atoms with Crippen LogP contribution >= 0.6 is 23.2 Å². The Hall–Kier alpha value is -2.88. The van der Waals surface area contributed by atoms with Crippen LogP contribution in [0.3, 0.4) is 0 Å². The lowest BCUT2D eigenvalue weighted by Crippen LogP contribution is -2.49. The summed E-state index contributed by atoms with van der Waals surface area (Å²) >= 11 is 11.7. The first-order valence-corrected chi connectivity index (χ1v) is 11.1. The minimum Gasteiger partial charge on any atom is -0.461 e. The summed E-state index contributed by atoms with van der Waals surface area (Å²) in [6, 6.07) is 9.98. The van der Waals surface area contributed by atoms with Gasteiger partial charge in [-0.3, -0.25) is 15.0 Å². The Bertz CT molecular complexity index is 1010. The van der Waals surface area contributed by atoms with Crippen molar-refractivity contribution < 1.29 is 14.5 Å². The molecule has 3 rings (SSSR count). The van der Waals surface area contributed by atoms with E-state index in [1.54, 1.807) is 36.5 Å². The van der Waals surface area contributed by atoms with Crippen LogP contribution in [0.25, 0.3) is 0 Å². The van der Waals surface area contributed by atoms with Crippen LogP contribution in [-0.4, -0.2) is 70.5 Å². The topological polar surface area (TPSA) is 92.0 Å². The zero-order valence-corrected chi connectivity index (χ0v) is 19.9. The lowest BCUT2D eigenvalue weighted by atomic mass is 10.2. The fourth-order valence-corrected chi connectivity index (χ4v) is 3.86. The number of rotatable bonds is 9. The summed E-state index contributed by atoms with van der Waals surface area (Å²) in [5.41, 5.74) is 1.40. The third-order valence-corrected chi connectivity index (χ3v) is 5.67. The number of carbonyl (C=O) groups is 1. The molecular weight excluding hydrogens is 469 g/mol. The molecule has 9 nitrogen and oxygen atoms in total. The van der Waals surface area contributed by atoms with Crippen molar-refractivity contribution in [2.24, 2.45) is 0 Å². The summed E-state index contributed by atoms with van der Waals surface area (Å²) < 4.78 is 5.33. The van der Waals surface area contributed by atoms with E-state index in [2.05, 4.69) is 4.98 Å². The lowest BCUT2D eigenvalue weighted by molar-refractivity contribution is -0.433. The highest BCUT2D eigenvalue weighted by atomic mass is 35.5. The van der Waals surface area contributed by atoms with E-state index in [-0.39, 0.29) is 23.8 Å². The van der Waals surface area contributed by atoms with Crippen LogP contribution in [0.1, 0.15) is 22.8 Å². The van der Waals surface area contributed by atoms with Gasteiger partial charge in [0.1, 0.15) is 11.8 Å². The predicted molar refractivity (Wildman–Crippen MR) is 125 cm³/mol. The van der Waals surface area contributed by atoms with Crippen LogP contribution in [0.4, 0.5) is 0 Å². The number of benzene rings is 1. The summed E-state index contributed by atoms with van der Waals surface area (Å²) in [4.78, 5) is 33.5. The summed E-state index contributed by atoms with van der Waals surface area (Å²) in [7, 11) is 1.81. The number of ether oxygens (including phenoxy) is 1. The van der Waals surface area contributed by atoms with Crippen molar-refractivity contribution in [3.05, 3.63) is 85.5 Å². The summed E-state index contributed by atoms with van der Waals surface area (Å²) in [6.45, 7) is 4.07. The summed E-state index contributed by atoms with van der Waals surface area (Å²) in [5.74, 6) is 0.100. The Kier molecular flexibility index (Phi) is 8.49. The molecule has 0 radical (unpaired) electrons. The number of halogens is 2. The Labute approximate surface area is 202 Å². The van der Waals surface area contributed by atoms with Crippen LogP contribution in [-0.2, 0) is 11.3 Å². The molecule has 0 N–H and O–H groups in total. The number of esters is 1. The molecule has 0 bridgehead atoms. The molecule has 2 aromatic rings. The molecule has 2 heterocycles. The molecule has 0 spiro atoms. The van der Waals surface area contributed by atoms with Crippen molar-refractivity contribution in [1.29, 1.82) is 0 Å². The average Bonchev–Trinajstić information content (AvgIpc) is 2.79. The normalized spacial score (nSPS) is 14.4. The van der Waals surface area contributed by atoms with Gasteiger partial charge >= 0.3 is 5.97 Å². The molecular formula is C22H25Cl2N5O4. The largest absolute Gasteiger partial charge is 0.461 e. The molecule has 33 heavy (non-hydrogen) atoms. The highest BCUT2D eigenvalue weighted by Crippen LogP contribution is 2.23. The predicted octanol–water partition coefficient (Wildman–Crippen LogP) is 3.72. The molecule has 11 heteroatoms. The van der Waals surface area contributed by atoms with E-state index >= 15 is 0 Å². The third-order valence-electron chi connectivity index (χ3n) is 5.19. The molecule has 1 aliphatic rings. The van der Waals surface area contributed by atoms with Gasteiger partial charge in [-0.1, -0.05) is 29.3 Å². The average molecular weight is 494 g/mol. The van der Waals surface area contributed by atoms with Crippen LogP contribution in [0, 0.1) is 10.1 Å². The molecule has 1 aromatic heterocycles. The van der Waals surface area contributed by atoms with Gasteiger partial charge in [0.05, 0.1) is 23.7 Å². The van der Waals surface area contributed by atoms with E-state index in [1.807, 2.05) is 34.7 Å². The smallest absolute Gasteiger partial charge is 0.338 e. The van der Waals surface area contributed by atoms with E-state index in [1.165, 1.54) is 0 Å². The van der Waals surface area contributed by atoms with Crippen molar-refractivity contribution in [2.75, 3.05) is 40.0 Å². The maximum atomic E-state index is 12.2. The number of pyridine rings is 1. The number of carbonyl (C=O) groups excluding carboxylic acids is 1. The Morgan fingerprint density at radius 2 is 1.97 bits per heavy atom. The first-order valence-electron chi connectivity index (χ1n) is 10.4. The highest BCUT2D eigenvalue weighted by molar-refractivity contribution is 6.30. The number of hydrogen-bond donors (Lipinski definition) is 0. The number of nitrogens with zero attached hydrogens (tertiary/aromatic N) is 5. The standard InChI is InChI=1S/C22H25Cl2N5O4/c1-3-28(13-16-4-9-20(24)25-12-16)21-19(29(31)32)14-27(15-26(21)2)10-11-33-22(30)17-5-7-18(23)8-6-17/h4-9,12H,3,10-11,13-15H2,1-2H3. The van der Waals surface area contributed by atoms with Crippen LogP contribution in [0.2, 0.25) is 10.2 Å². The fourth-order valence-electron chi connectivity index (χ4n) is 3.63. The van der Waals surface area contributed by atoms with Gasteiger partial charge in [0.15, 0.2) is 5.82 Å². The summed E-state index contributed by atoms with van der Waals surface area (Å²) in [6.07, 6.45) is 1.67. The Morgan fingerprint density at radius 1 is 1.24 bits per heavy atom. The van der Waals surface area contributed by atoms with Crippen molar-refractivity contribution in [2.45, 2.75) is 13.5 Å². The number of hydrogen-bond acceptors (Lipinski definition) is 8. The molecule has 0 amide bonds. The van der Waals surface area contributed by atoms with E-state index in [4.69, 9.17) is 27.9 Å². The lowest BCUT2D eigenvalue weighted by Gasteiger charge is -2.39. The minimum absolute atomic E-state index is 0.0940. The zero-order valence-electron chi connectivity index (χ0n) is 18.4. The molecule has 0 saturated heterocycles. The molecule has 0 saturated carbocycles. The maximum Gasteiger partial charge on any atom is 0.338 e. The van der Waals surface area contributed by atoms with Crippen molar-refractivity contribution in [3.8, 4) is 0 Å². The second-order valence-corrected chi connectivity index (χ2v) is 8.39. The van der Waals surface area contributed by atoms with Gasteiger partial charge in [-0.25, -0.2) is 9.78 Å². The van der Waals surface area contributed by atoms with Crippen molar-refractivity contribution in [1.82, 2.24) is 19.7 Å². The van der Waals surface area contributed by atoms with Crippen LogP contribution in [0.5, 0.6) is 0 Å². The first-order chi connectivity index (χ1) is 15.8. The van der Waals surface area contributed by atoms with Gasteiger partial charge < -0.3 is 14.5 Å². The van der Waals surface area contributed by atoms with E-state index in [0.717, 1.165) is 5.56 Å². The number of aromatic nitrogens is 1. The van der Waals surface area contributed by atoms with Gasteiger partial charge in [-0.2, -0.15) is 0 Å². The Morgan fingerprint density at radius 3 is 2.58 bits per heavy atom. The number of nitro groups is 1. The highest BCUT2D eigenvalue weighted by Gasteiger charge is 2.33. The molecule has 0 fully saturated rings. The summed E-state index contributed by atoms with van der Waals surface area (Å²) in [5, 5.41) is 12.8. The van der Waals surface area contributed by atoms with Crippen molar-refractivity contribution >= 4 is 29.2 Å². The molecule has 0 unspecified atom stereocenters. The maximum absolute atomic E-state index is 12.2. The molecule has 176 valence electrons. The van der Waals surface area contributed by atoms with Gasteiger partial charge in [0.2, 0.25) is 0 Å². The molecule has 0 aliphatic carbocycles. The van der Waals surface area contributed by atoms with Gasteiger partial charge in [-0.05, 0) is 42.8 Å². The van der Waals surface area contributed by atoms with E-state index < -0.39 is 5.97 Å². The SMILES string of the molecule is CCN(Cc1ccc(Cl)nc1)C1=C([N+](=O)[O-])CN(CCOC(=O)c2ccc(Cl)cc2)CN1C. The second-order valence-electron chi connectivity index (χ2n) is 7.57. The zero-order chi connectivity index (χ0) is 24.0. The molecule has 0 atom stereocenters. The molecule has 1 aromatic carbocycles. The van der Waals surface area contributed by atoms with Crippen molar-refractivity contribution in [3.63, 3.8) is 0 Å². The van der Waals surface area contributed by atoms with Gasteiger partial charge in [0, 0.05) is 37.9 Å².